The summed E-state index contributed by atoms with van der Waals surface area (Å²) in [6.45, 7) is 6.14. The standard InChI is InChI=1S/C19H25FN4O/c1-14-10-22-24(12-14)18-4-3-9-23(13-18)15(2)19(25)21-11-16-5-7-17(20)8-6-16/h5-8,10,12,15,18H,3-4,9,11,13H2,1-2H3,(H,21,25). The van der Waals surface area contributed by atoms with Crippen molar-refractivity contribution in [3.8, 4) is 0 Å². The summed E-state index contributed by atoms with van der Waals surface area (Å²) >= 11 is 0. The van der Waals surface area contributed by atoms with Gasteiger partial charge in [-0.2, -0.15) is 5.10 Å². The molecule has 2 atom stereocenters. The van der Waals surface area contributed by atoms with Gasteiger partial charge in [-0.1, -0.05) is 12.1 Å². The van der Waals surface area contributed by atoms with Crippen LogP contribution in [0, 0.1) is 12.7 Å². The van der Waals surface area contributed by atoms with Gasteiger partial charge in [0.2, 0.25) is 5.91 Å². The van der Waals surface area contributed by atoms with Gasteiger partial charge in [0, 0.05) is 19.3 Å². The molecule has 3 rings (SSSR count). The number of carbonyl (C=O) groups is 1. The first kappa shape index (κ1) is 17.6. The number of likely N-dealkylation sites (tertiary alicyclic amines) is 1. The molecular formula is C19H25FN4O. The van der Waals surface area contributed by atoms with Gasteiger partial charge in [0.25, 0.3) is 0 Å². The van der Waals surface area contributed by atoms with Crippen molar-refractivity contribution in [1.82, 2.24) is 20.0 Å². The minimum atomic E-state index is -0.267. The Bertz CT molecular complexity index is 712. The van der Waals surface area contributed by atoms with E-state index in [1.807, 2.05) is 24.7 Å². The largest absolute Gasteiger partial charge is 0.351 e. The number of carbonyl (C=O) groups excluding carboxylic acids is 1. The smallest absolute Gasteiger partial charge is 0.237 e. The molecule has 1 amide bonds. The lowest BCUT2D eigenvalue weighted by molar-refractivity contribution is -0.126. The van der Waals surface area contributed by atoms with Crippen LogP contribution in [0.25, 0.3) is 0 Å². The van der Waals surface area contributed by atoms with E-state index in [-0.39, 0.29) is 17.8 Å². The number of piperidine rings is 1. The molecule has 0 radical (unpaired) electrons. The Morgan fingerprint density at radius 3 is 2.84 bits per heavy atom. The first-order valence-electron chi connectivity index (χ1n) is 8.80. The third-order valence-corrected chi connectivity index (χ3v) is 4.84. The average molecular weight is 344 g/mol. The fraction of sp³-hybridized carbons (Fsp3) is 0.474. The summed E-state index contributed by atoms with van der Waals surface area (Å²) in [5.74, 6) is -0.265. The molecule has 1 saturated heterocycles. The van der Waals surface area contributed by atoms with Gasteiger partial charge >= 0.3 is 0 Å². The third kappa shape index (κ3) is 4.45. The molecule has 0 spiro atoms. The minimum Gasteiger partial charge on any atom is -0.351 e. The Balaban J connectivity index is 1.54. The quantitative estimate of drug-likeness (QED) is 0.907. The van der Waals surface area contributed by atoms with E-state index in [0.29, 0.717) is 12.6 Å². The van der Waals surface area contributed by atoms with Crippen molar-refractivity contribution in [2.45, 2.75) is 45.3 Å². The summed E-state index contributed by atoms with van der Waals surface area (Å²) in [5.41, 5.74) is 2.05. The highest BCUT2D eigenvalue weighted by molar-refractivity contribution is 5.81. The summed E-state index contributed by atoms with van der Waals surface area (Å²) in [6, 6.07) is 6.32. The predicted molar refractivity (Wildman–Crippen MR) is 94.5 cm³/mol. The first-order chi connectivity index (χ1) is 12.0. The summed E-state index contributed by atoms with van der Waals surface area (Å²) in [5, 5.41) is 7.37. The molecular weight excluding hydrogens is 319 g/mol. The number of halogens is 1. The number of hydrogen-bond acceptors (Lipinski definition) is 3. The van der Waals surface area contributed by atoms with Crippen molar-refractivity contribution in [1.29, 1.82) is 0 Å². The van der Waals surface area contributed by atoms with Gasteiger partial charge in [-0.25, -0.2) is 4.39 Å². The van der Waals surface area contributed by atoms with E-state index in [1.54, 1.807) is 12.1 Å². The van der Waals surface area contributed by atoms with Gasteiger partial charge in [-0.05, 0) is 56.5 Å². The number of aromatic nitrogens is 2. The molecule has 1 N–H and O–H groups in total. The van der Waals surface area contributed by atoms with Crippen LogP contribution in [0.15, 0.2) is 36.7 Å². The molecule has 5 nitrogen and oxygen atoms in total. The Morgan fingerprint density at radius 1 is 1.40 bits per heavy atom. The maximum atomic E-state index is 12.9. The molecule has 2 unspecified atom stereocenters. The number of nitrogens with zero attached hydrogens (tertiary/aromatic N) is 3. The lowest BCUT2D eigenvalue weighted by Gasteiger charge is -2.36. The number of aryl methyl sites for hydroxylation is 1. The van der Waals surface area contributed by atoms with Crippen molar-refractivity contribution in [2.75, 3.05) is 13.1 Å². The van der Waals surface area contributed by atoms with E-state index in [0.717, 1.165) is 37.1 Å². The molecule has 1 aliphatic heterocycles. The third-order valence-electron chi connectivity index (χ3n) is 4.84. The van der Waals surface area contributed by atoms with Crippen LogP contribution in [0.5, 0.6) is 0 Å². The number of rotatable bonds is 5. The van der Waals surface area contributed by atoms with Crippen LogP contribution < -0.4 is 5.32 Å². The SMILES string of the molecule is Cc1cnn(C2CCCN(C(C)C(=O)NCc3ccc(F)cc3)C2)c1. The summed E-state index contributed by atoms with van der Waals surface area (Å²) < 4.78 is 15.0. The van der Waals surface area contributed by atoms with Gasteiger partial charge in [0.1, 0.15) is 5.82 Å². The van der Waals surface area contributed by atoms with Crippen LogP contribution in [-0.2, 0) is 11.3 Å². The van der Waals surface area contributed by atoms with E-state index in [1.165, 1.54) is 12.1 Å². The fourth-order valence-electron chi connectivity index (χ4n) is 3.29. The van der Waals surface area contributed by atoms with E-state index < -0.39 is 0 Å². The highest BCUT2D eigenvalue weighted by Gasteiger charge is 2.28. The van der Waals surface area contributed by atoms with E-state index in [9.17, 15) is 9.18 Å². The maximum Gasteiger partial charge on any atom is 0.237 e. The Labute approximate surface area is 147 Å². The second kappa shape index (κ2) is 7.78. The second-order valence-corrected chi connectivity index (χ2v) is 6.81. The maximum absolute atomic E-state index is 12.9. The molecule has 0 bridgehead atoms. The number of amides is 1. The fourth-order valence-corrected chi connectivity index (χ4v) is 3.29. The van der Waals surface area contributed by atoms with Gasteiger partial charge < -0.3 is 5.32 Å². The Hall–Kier alpha value is -2.21. The Kier molecular flexibility index (Phi) is 5.48. The number of nitrogens with one attached hydrogen (secondary N) is 1. The van der Waals surface area contributed by atoms with Gasteiger partial charge in [-0.3, -0.25) is 14.4 Å². The van der Waals surface area contributed by atoms with Crippen LogP contribution in [-0.4, -0.2) is 39.7 Å². The van der Waals surface area contributed by atoms with Crippen molar-refractivity contribution in [3.05, 3.63) is 53.6 Å². The molecule has 2 aromatic rings. The lowest BCUT2D eigenvalue weighted by Crippen LogP contribution is -2.49. The minimum absolute atomic E-state index is 0.00150. The molecule has 1 fully saturated rings. The molecule has 25 heavy (non-hydrogen) atoms. The molecule has 6 heteroatoms. The van der Waals surface area contributed by atoms with Gasteiger partial charge in [0.05, 0.1) is 18.3 Å². The molecule has 0 aliphatic carbocycles. The lowest BCUT2D eigenvalue weighted by atomic mass is 10.0. The highest BCUT2D eigenvalue weighted by atomic mass is 19.1. The van der Waals surface area contributed by atoms with E-state index in [2.05, 4.69) is 21.5 Å². The topological polar surface area (TPSA) is 50.2 Å². The average Bonchev–Trinajstić information content (AvgIpc) is 3.07. The van der Waals surface area contributed by atoms with Crippen LogP contribution in [0.3, 0.4) is 0 Å². The van der Waals surface area contributed by atoms with Crippen molar-refractivity contribution < 1.29 is 9.18 Å². The van der Waals surface area contributed by atoms with Crippen LogP contribution in [0.1, 0.15) is 36.9 Å². The zero-order valence-electron chi connectivity index (χ0n) is 14.8. The summed E-state index contributed by atoms with van der Waals surface area (Å²) in [7, 11) is 0. The zero-order valence-corrected chi connectivity index (χ0v) is 14.8. The molecule has 134 valence electrons. The highest BCUT2D eigenvalue weighted by Crippen LogP contribution is 2.22. The second-order valence-electron chi connectivity index (χ2n) is 6.81. The molecule has 2 heterocycles. The molecule has 1 aromatic carbocycles. The molecule has 0 saturated carbocycles. The number of benzene rings is 1. The molecule has 1 aliphatic rings. The predicted octanol–water partition coefficient (Wildman–Crippen LogP) is 2.67. The van der Waals surface area contributed by atoms with E-state index >= 15 is 0 Å². The van der Waals surface area contributed by atoms with Crippen molar-refractivity contribution >= 4 is 5.91 Å². The van der Waals surface area contributed by atoms with Crippen molar-refractivity contribution in [2.24, 2.45) is 0 Å². The summed E-state index contributed by atoms with van der Waals surface area (Å²) in [4.78, 5) is 14.7. The summed E-state index contributed by atoms with van der Waals surface area (Å²) in [6.07, 6.45) is 6.08. The van der Waals surface area contributed by atoms with Crippen LogP contribution in [0.2, 0.25) is 0 Å². The zero-order chi connectivity index (χ0) is 17.8. The Morgan fingerprint density at radius 2 is 2.16 bits per heavy atom. The molecule has 1 aromatic heterocycles. The van der Waals surface area contributed by atoms with Gasteiger partial charge in [0.15, 0.2) is 0 Å². The number of hydrogen-bond donors (Lipinski definition) is 1. The van der Waals surface area contributed by atoms with Crippen LogP contribution >= 0.6 is 0 Å². The normalized spacial score (nSPS) is 19.6. The van der Waals surface area contributed by atoms with Crippen LogP contribution in [0.4, 0.5) is 4.39 Å². The first-order valence-corrected chi connectivity index (χ1v) is 8.80. The van der Waals surface area contributed by atoms with Gasteiger partial charge in [-0.15, -0.1) is 0 Å². The monoisotopic (exact) mass is 344 g/mol. The van der Waals surface area contributed by atoms with Crippen molar-refractivity contribution in [3.63, 3.8) is 0 Å². The van der Waals surface area contributed by atoms with E-state index in [4.69, 9.17) is 0 Å².